The van der Waals surface area contributed by atoms with E-state index < -0.39 is 0 Å². The minimum atomic E-state index is -0.143. The lowest BCUT2D eigenvalue weighted by Gasteiger charge is -2.13. The van der Waals surface area contributed by atoms with E-state index in [0.717, 1.165) is 38.2 Å². The third kappa shape index (κ3) is 5.86. The standard InChI is InChI=1S/C17H25NO3/c1-14(11-18-9-7-16-8-10-20-12-16)17(19)21-13-15-5-3-2-4-6-15/h2-6,14,16,18H,7-13H2,1H3. The number of hydrogen-bond acceptors (Lipinski definition) is 4. The fraction of sp³-hybridized carbons (Fsp3) is 0.588. The fourth-order valence-electron chi connectivity index (χ4n) is 2.39. The highest BCUT2D eigenvalue weighted by Crippen LogP contribution is 2.15. The van der Waals surface area contributed by atoms with Crippen molar-refractivity contribution >= 4 is 5.97 Å². The van der Waals surface area contributed by atoms with Gasteiger partial charge >= 0.3 is 5.97 Å². The molecule has 1 heterocycles. The molecule has 1 aromatic carbocycles. The molecule has 1 fully saturated rings. The topological polar surface area (TPSA) is 47.6 Å². The normalized spacial score (nSPS) is 19.4. The quantitative estimate of drug-likeness (QED) is 0.590. The molecule has 0 radical (unpaired) electrons. The Balaban J connectivity index is 1.56. The number of nitrogens with one attached hydrogen (secondary N) is 1. The fourth-order valence-corrected chi connectivity index (χ4v) is 2.39. The van der Waals surface area contributed by atoms with Crippen LogP contribution in [0.15, 0.2) is 30.3 Å². The van der Waals surface area contributed by atoms with Crippen molar-refractivity contribution < 1.29 is 14.3 Å². The largest absolute Gasteiger partial charge is 0.461 e. The number of esters is 1. The van der Waals surface area contributed by atoms with E-state index >= 15 is 0 Å². The second-order valence-corrected chi connectivity index (χ2v) is 5.72. The zero-order chi connectivity index (χ0) is 14.9. The second-order valence-electron chi connectivity index (χ2n) is 5.72. The summed E-state index contributed by atoms with van der Waals surface area (Å²) in [5.74, 6) is 0.418. The number of hydrogen-bond donors (Lipinski definition) is 1. The van der Waals surface area contributed by atoms with E-state index in [1.54, 1.807) is 0 Å². The predicted molar refractivity (Wildman–Crippen MR) is 81.8 cm³/mol. The molecule has 0 spiro atoms. The molecule has 4 heteroatoms. The minimum Gasteiger partial charge on any atom is -0.461 e. The highest BCUT2D eigenvalue weighted by atomic mass is 16.5. The van der Waals surface area contributed by atoms with Crippen molar-refractivity contribution in [3.8, 4) is 0 Å². The van der Waals surface area contributed by atoms with Crippen LogP contribution in [0.5, 0.6) is 0 Å². The Morgan fingerprint density at radius 2 is 2.24 bits per heavy atom. The summed E-state index contributed by atoms with van der Waals surface area (Å²) >= 11 is 0. The average molecular weight is 291 g/mol. The summed E-state index contributed by atoms with van der Waals surface area (Å²) in [5, 5.41) is 3.33. The molecule has 1 saturated heterocycles. The molecular weight excluding hydrogens is 266 g/mol. The molecule has 0 aliphatic carbocycles. The number of ether oxygens (including phenoxy) is 2. The molecule has 2 atom stereocenters. The van der Waals surface area contributed by atoms with Gasteiger partial charge in [-0.1, -0.05) is 37.3 Å². The van der Waals surface area contributed by atoms with Crippen LogP contribution in [0, 0.1) is 11.8 Å². The maximum atomic E-state index is 11.9. The van der Waals surface area contributed by atoms with Crippen molar-refractivity contribution in [3.05, 3.63) is 35.9 Å². The van der Waals surface area contributed by atoms with Crippen molar-refractivity contribution in [1.29, 1.82) is 0 Å². The molecule has 1 N–H and O–H groups in total. The van der Waals surface area contributed by atoms with Crippen LogP contribution < -0.4 is 5.32 Å². The van der Waals surface area contributed by atoms with Gasteiger partial charge in [-0.2, -0.15) is 0 Å². The first-order valence-corrected chi connectivity index (χ1v) is 7.74. The Morgan fingerprint density at radius 1 is 1.43 bits per heavy atom. The van der Waals surface area contributed by atoms with Crippen LogP contribution in [0.4, 0.5) is 0 Å². The Bertz CT molecular complexity index is 415. The van der Waals surface area contributed by atoms with E-state index in [2.05, 4.69) is 5.32 Å². The highest BCUT2D eigenvalue weighted by molar-refractivity contribution is 5.72. The summed E-state index contributed by atoms with van der Waals surface area (Å²) in [7, 11) is 0. The lowest BCUT2D eigenvalue weighted by atomic mass is 10.1. The van der Waals surface area contributed by atoms with Gasteiger partial charge in [0.2, 0.25) is 0 Å². The summed E-state index contributed by atoms with van der Waals surface area (Å²) in [6.07, 6.45) is 2.28. The maximum Gasteiger partial charge on any atom is 0.310 e. The molecule has 116 valence electrons. The van der Waals surface area contributed by atoms with Crippen LogP contribution in [-0.4, -0.2) is 32.3 Å². The molecule has 0 bridgehead atoms. The Morgan fingerprint density at radius 3 is 2.95 bits per heavy atom. The zero-order valence-electron chi connectivity index (χ0n) is 12.7. The lowest BCUT2D eigenvalue weighted by Crippen LogP contribution is -2.29. The summed E-state index contributed by atoms with van der Waals surface area (Å²) in [6.45, 7) is 5.64. The Hall–Kier alpha value is -1.39. The van der Waals surface area contributed by atoms with E-state index in [-0.39, 0.29) is 11.9 Å². The first kappa shape index (κ1) is 16.0. The Labute approximate surface area is 126 Å². The molecule has 1 aliphatic heterocycles. The molecule has 2 unspecified atom stereocenters. The van der Waals surface area contributed by atoms with E-state index in [1.165, 1.54) is 0 Å². The van der Waals surface area contributed by atoms with Crippen LogP contribution in [-0.2, 0) is 20.9 Å². The van der Waals surface area contributed by atoms with Crippen molar-refractivity contribution in [3.63, 3.8) is 0 Å². The molecule has 21 heavy (non-hydrogen) atoms. The molecule has 1 aliphatic rings. The van der Waals surface area contributed by atoms with Crippen molar-refractivity contribution in [2.45, 2.75) is 26.4 Å². The van der Waals surface area contributed by atoms with E-state index in [9.17, 15) is 4.79 Å². The summed E-state index contributed by atoms with van der Waals surface area (Å²) in [4.78, 5) is 11.9. The van der Waals surface area contributed by atoms with Gasteiger partial charge in [0.25, 0.3) is 0 Å². The summed E-state index contributed by atoms with van der Waals surface area (Å²) in [5.41, 5.74) is 1.02. The SMILES string of the molecule is CC(CNCCC1CCOC1)C(=O)OCc1ccccc1. The van der Waals surface area contributed by atoms with Crippen LogP contribution in [0.25, 0.3) is 0 Å². The van der Waals surface area contributed by atoms with Crippen molar-refractivity contribution in [1.82, 2.24) is 5.32 Å². The monoisotopic (exact) mass is 291 g/mol. The van der Waals surface area contributed by atoms with Crippen LogP contribution in [0.1, 0.15) is 25.3 Å². The average Bonchev–Trinajstić information content (AvgIpc) is 3.03. The molecule has 0 amide bonds. The smallest absolute Gasteiger partial charge is 0.310 e. The van der Waals surface area contributed by atoms with E-state index in [4.69, 9.17) is 9.47 Å². The molecule has 1 aromatic rings. The van der Waals surface area contributed by atoms with Gasteiger partial charge in [-0.3, -0.25) is 4.79 Å². The van der Waals surface area contributed by atoms with Gasteiger partial charge in [-0.05, 0) is 30.9 Å². The summed E-state index contributed by atoms with van der Waals surface area (Å²) < 4.78 is 10.7. The maximum absolute atomic E-state index is 11.9. The first-order valence-electron chi connectivity index (χ1n) is 7.74. The van der Waals surface area contributed by atoms with Crippen molar-refractivity contribution in [2.24, 2.45) is 11.8 Å². The molecule has 2 rings (SSSR count). The Kier molecular flexibility index (Phi) is 6.70. The van der Waals surface area contributed by atoms with Gasteiger partial charge in [0.05, 0.1) is 5.92 Å². The number of benzene rings is 1. The van der Waals surface area contributed by atoms with Gasteiger partial charge < -0.3 is 14.8 Å². The third-order valence-corrected chi connectivity index (χ3v) is 3.83. The molecule has 0 saturated carbocycles. The van der Waals surface area contributed by atoms with E-state index in [1.807, 2.05) is 37.3 Å². The summed E-state index contributed by atoms with van der Waals surface area (Å²) in [6, 6.07) is 9.76. The number of carbonyl (C=O) groups is 1. The second kappa shape index (κ2) is 8.80. The predicted octanol–water partition coefficient (Wildman–Crippen LogP) is 2.38. The van der Waals surface area contributed by atoms with Crippen LogP contribution in [0.3, 0.4) is 0 Å². The van der Waals surface area contributed by atoms with Gasteiger partial charge in [0.1, 0.15) is 6.61 Å². The van der Waals surface area contributed by atoms with Gasteiger partial charge in [-0.25, -0.2) is 0 Å². The van der Waals surface area contributed by atoms with Gasteiger partial charge in [-0.15, -0.1) is 0 Å². The zero-order valence-corrected chi connectivity index (χ0v) is 12.7. The first-order chi connectivity index (χ1) is 10.3. The van der Waals surface area contributed by atoms with Gasteiger partial charge in [0, 0.05) is 19.8 Å². The van der Waals surface area contributed by atoms with Crippen molar-refractivity contribution in [2.75, 3.05) is 26.3 Å². The van der Waals surface area contributed by atoms with Gasteiger partial charge in [0.15, 0.2) is 0 Å². The minimum absolute atomic E-state index is 0.117. The molecule has 0 aromatic heterocycles. The highest BCUT2D eigenvalue weighted by Gasteiger charge is 2.16. The molecular formula is C17H25NO3. The molecule has 4 nitrogen and oxygen atoms in total. The van der Waals surface area contributed by atoms with Crippen LogP contribution in [0.2, 0.25) is 0 Å². The van der Waals surface area contributed by atoms with Crippen LogP contribution >= 0.6 is 0 Å². The number of carbonyl (C=O) groups excluding carboxylic acids is 1. The third-order valence-electron chi connectivity index (χ3n) is 3.83. The lowest BCUT2D eigenvalue weighted by molar-refractivity contribution is -0.149. The number of rotatable bonds is 8. The van der Waals surface area contributed by atoms with E-state index in [0.29, 0.717) is 19.1 Å².